The van der Waals surface area contributed by atoms with Crippen LogP contribution in [0.3, 0.4) is 0 Å². The van der Waals surface area contributed by atoms with E-state index in [1.807, 2.05) is 0 Å². The standard InChI is InChI=1S/C20H17N3O7/c1-2-16(19(26)21-12-7-9-13(10-8-12)23(28)29)30-17(24)11-22-15-6-4-3-5-14(15)18(25)20(22)27/h3-10,16H,2,11H2,1H3,(H,21,26)/t16-/m0/s1. The normalized spacial score (nSPS) is 13.6. The van der Waals surface area contributed by atoms with Crippen molar-refractivity contribution < 1.29 is 28.8 Å². The van der Waals surface area contributed by atoms with Crippen LogP contribution < -0.4 is 10.2 Å². The SMILES string of the molecule is CC[C@H](OC(=O)CN1C(=O)C(=O)c2ccccc21)C(=O)Nc1ccc([N+](=O)[O-])cc1. The third-order valence-electron chi connectivity index (χ3n) is 4.45. The molecule has 0 saturated heterocycles. The lowest BCUT2D eigenvalue weighted by atomic mass is 10.1. The summed E-state index contributed by atoms with van der Waals surface area (Å²) in [4.78, 5) is 60.0. The molecular weight excluding hydrogens is 394 g/mol. The molecule has 0 unspecified atom stereocenters. The number of carbonyl (C=O) groups is 4. The molecule has 2 aromatic carbocycles. The van der Waals surface area contributed by atoms with Crippen molar-refractivity contribution in [3.8, 4) is 0 Å². The predicted octanol–water partition coefficient (Wildman–Crippen LogP) is 2.08. The fraction of sp³-hybridized carbons (Fsp3) is 0.200. The lowest BCUT2D eigenvalue weighted by Crippen LogP contribution is -2.39. The van der Waals surface area contributed by atoms with Crippen LogP contribution in [0.15, 0.2) is 48.5 Å². The molecule has 1 aliphatic rings. The van der Waals surface area contributed by atoms with E-state index in [9.17, 15) is 29.3 Å². The Morgan fingerprint density at radius 2 is 1.80 bits per heavy atom. The van der Waals surface area contributed by atoms with E-state index >= 15 is 0 Å². The number of anilines is 2. The third kappa shape index (κ3) is 4.17. The molecule has 0 aromatic heterocycles. The molecule has 2 amide bonds. The third-order valence-corrected chi connectivity index (χ3v) is 4.45. The number of ketones is 1. The van der Waals surface area contributed by atoms with Gasteiger partial charge in [0.25, 0.3) is 23.3 Å². The van der Waals surface area contributed by atoms with Gasteiger partial charge in [0.2, 0.25) is 0 Å². The molecule has 0 bridgehead atoms. The van der Waals surface area contributed by atoms with Crippen molar-refractivity contribution in [3.63, 3.8) is 0 Å². The zero-order valence-corrected chi connectivity index (χ0v) is 15.9. The van der Waals surface area contributed by atoms with E-state index in [0.29, 0.717) is 11.4 Å². The maximum atomic E-state index is 12.4. The quantitative estimate of drug-likeness (QED) is 0.319. The van der Waals surface area contributed by atoms with Gasteiger partial charge in [0.15, 0.2) is 6.10 Å². The fourth-order valence-corrected chi connectivity index (χ4v) is 2.94. The first-order chi connectivity index (χ1) is 14.3. The number of nitrogens with zero attached hydrogens (tertiary/aromatic N) is 2. The number of ether oxygens (including phenoxy) is 1. The Bertz CT molecular complexity index is 1030. The highest BCUT2D eigenvalue weighted by atomic mass is 16.6. The number of nitro benzene ring substituents is 1. The van der Waals surface area contributed by atoms with Crippen LogP contribution >= 0.6 is 0 Å². The Kier molecular flexibility index (Phi) is 5.86. The maximum absolute atomic E-state index is 12.4. The summed E-state index contributed by atoms with van der Waals surface area (Å²) < 4.78 is 5.19. The van der Waals surface area contributed by atoms with Gasteiger partial charge in [0.1, 0.15) is 6.54 Å². The smallest absolute Gasteiger partial charge is 0.326 e. The zero-order chi connectivity index (χ0) is 21.8. The van der Waals surface area contributed by atoms with E-state index in [-0.39, 0.29) is 17.7 Å². The van der Waals surface area contributed by atoms with E-state index in [2.05, 4.69) is 5.32 Å². The number of para-hydroxylation sites is 1. The Hall–Kier alpha value is -4.08. The van der Waals surface area contributed by atoms with Crippen LogP contribution in [0.4, 0.5) is 17.1 Å². The summed E-state index contributed by atoms with van der Waals surface area (Å²) in [5.74, 6) is -3.01. The average molecular weight is 411 g/mol. The monoisotopic (exact) mass is 411 g/mol. The molecule has 3 rings (SSSR count). The molecule has 1 heterocycles. The summed E-state index contributed by atoms with van der Waals surface area (Å²) in [7, 11) is 0. The highest BCUT2D eigenvalue weighted by Crippen LogP contribution is 2.28. The van der Waals surface area contributed by atoms with Crippen LogP contribution in [0.1, 0.15) is 23.7 Å². The van der Waals surface area contributed by atoms with Gasteiger partial charge in [-0.15, -0.1) is 0 Å². The molecule has 0 radical (unpaired) electrons. The minimum Gasteiger partial charge on any atom is -0.451 e. The molecule has 1 aliphatic heterocycles. The van der Waals surface area contributed by atoms with Crippen molar-refractivity contribution in [2.24, 2.45) is 0 Å². The van der Waals surface area contributed by atoms with Crippen molar-refractivity contribution in [3.05, 3.63) is 64.2 Å². The van der Waals surface area contributed by atoms with Gasteiger partial charge in [-0.2, -0.15) is 0 Å². The van der Waals surface area contributed by atoms with Crippen LogP contribution in [-0.2, 0) is 19.1 Å². The van der Waals surface area contributed by atoms with Gasteiger partial charge in [-0.1, -0.05) is 19.1 Å². The lowest BCUT2D eigenvalue weighted by molar-refractivity contribution is -0.384. The number of benzene rings is 2. The number of Topliss-reactive ketones (excluding diaryl/α,β-unsaturated/α-hetero) is 1. The van der Waals surface area contributed by atoms with Crippen molar-refractivity contribution in [1.82, 2.24) is 0 Å². The van der Waals surface area contributed by atoms with Crippen molar-refractivity contribution in [1.29, 1.82) is 0 Å². The summed E-state index contributed by atoms with van der Waals surface area (Å²) in [5, 5.41) is 13.2. The Balaban J connectivity index is 1.63. The van der Waals surface area contributed by atoms with Gasteiger partial charge < -0.3 is 10.1 Å². The van der Waals surface area contributed by atoms with Gasteiger partial charge >= 0.3 is 5.97 Å². The number of rotatable bonds is 7. The van der Waals surface area contributed by atoms with Crippen molar-refractivity contribution in [2.75, 3.05) is 16.8 Å². The van der Waals surface area contributed by atoms with Crippen LogP contribution in [0, 0.1) is 10.1 Å². The summed E-state index contributed by atoms with van der Waals surface area (Å²) in [5.41, 5.74) is 0.692. The lowest BCUT2D eigenvalue weighted by Gasteiger charge is -2.19. The Morgan fingerprint density at radius 1 is 1.13 bits per heavy atom. The largest absolute Gasteiger partial charge is 0.451 e. The van der Waals surface area contributed by atoms with Gasteiger partial charge in [-0.05, 0) is 30.7 Å². The number of fused-ring (bicyclic) bond motifs is 1. The molecule has 0 aliphatic carbocycles. The number of amides is 2. The van der Waals surface area contributed by atoms with Gasteiger partial charge in [-0.3, -0.25) is 34.2 Å². The van der Waals surface area contributed by atoms with Crippen LogP contribution in [-0.4, -0.2) is 41.1 Å². The van der Waals surface area contributed by atoms with E-state index in [1.165, 1.54) is 30.3 Å². The van der Waals surface area contributed by atoms with Crippen LogP contribution in [0.2, 0.25) is 0 Å². The number of esters is 1. The number of non-ortho nitro benzene ring substituents is 1. The highest BCUT2D eigenvalue weighted by Gasteiger charge is 2.37. The van der Waals surface area contributed by atoms with Gasteiger partial charge in [0.05, 0.1) is 16.2 Å². The number of nitrogens with one attached hydrogen (secondary N) is 1. The molecule has 1 atom stereocenters. The highest BCUT2D eigenvalue weighted by molar-refractivity contribution is 6.52. The first-order valence-electron chi connectivity index (χ1n) is 9.01. The second kappa shape index (κ2) is 8.52. The molecule has 1 N–H and O–H groups in total. The molecule has 0 saturated carbocycles. The number of hydrogen-bond acceptors (Lipinski definition) is 7. The zero-order valence-electron chi connectivity index (χ0n) is 15.9. The fourth-order valence-electron chi connectivity index (χ4n) is 2.94. The number of carbonyl (C=O) groups excluding carboxylic acids is 4. The van der Waals surface area contributed by atoms with E-state index in [4.69, 9.17) is 4.74 Å². The summed E-state index contributed by atoms with van der Waals surface area (Å²) in [6.07, 6.45) is -0.982. The molecular formula is C20H17N3O7. The second-order valence-corrected chi connectivity index (χ2v) is 6.42. The molecule has 30 heavy (non-hydrogen) atoms. The number of nitro groups is 1. The van der Waals surface area contributed by atoms with Gasteiger partial charge in [-0.25, -0.2) is 0 Å². The molecule has 10 nitrogen and oxygen atoms in total. The molecule has 0 fully saturated rings. The van der Waals surface area contributed by atoms with E-state index < -0.39 is 41.1 Å². The molecule has 2 aromatic rings. The first-order valence-corrected chi connectivity index (χ1v) is 9.01. The second-order valence-electron chi connectivity index (χ2n) is 6.42. The first kappa shape index (κ1) is 20.6. The topological polar surface area (TPSA) is 136 Å². The average Bonchev–Trinajstić information content (AvgIpc) is 2.97. The Morgan fingerprint density at radius 3 is 2.43 bits per heavy atom. The summed E-state index contributed by atoms with van der Waals surface area (Å²) in [6, 6.07) is 11.5. The summed E-state index contributed by atoms with van der Waals surface area (Å²) >= 11 is 0. The van der Waals surface area contributed by atoms with Crippen molar-refractivity contribution >= 4 is 40.6 Å². The predicted molar refractivity (Wildman–Crippen MR) is 105 cm³/mol. The van der Waals surface area contributed by atoms with Gasteiger partial charge in [0, 0.05) is 17.8 Å². The van der Waals surface area contributed by atoms with E-state index in [0.717, 1.165) is 4.90 Å². The minimum atomic E-state index is -1.14. The van der Waals surface area contributed by atoms with Crippen LogP contribution in [0.25, 0.3) is 0 Å². The molecule has 10 heteroatoms. The molecule has 154 valence electrons. The van der Waals surface area contributed by atoms with Crippen LogP contribution in [0.5, 0.6) is 0 Å². The minimum absolute atomic E-state index is 0.128. The van der Waals surface area contributed by atoms with E-state index in [1.54, 1.807) is 25.1 Å². The maximum Gasteiger partial charge on any atom is 0.326 e. The number of hydrogen-bond donors (Lipinski definition) is 1. The van der Waals surface area contributed by atoms with Crippen molar-refractivity contribution in [2.45, 2.75) is 19.4 Å². The summed E-state index contributed by atoms with van der Waals surface area (Å²) in [6.45, 7) is 1.12. The molecule has 0 spiro atoms. The Labute approximate surface area is 170 Å².